The van der Waals surface area contributed by atoms with Gasteiger partial charge in [-0.05, 0) is 23.8 Å². The summed E-state index contributed by atoms with van der Waals surface area (Å²) in [5.74, 6) is 2.32. The fourth-order valence-corrected chi connectivity index (χ4v) is 1.77. The molecule has 1 rings (SSSR count). The van der Waals surface area contributed by atoms with Gasteiger partial charge >= 0.3 is 0 Å². The van der Waals surface area contributed by atoms with Crippen molar-refractivity contribution < 1.29 is 0 Å². The first kappa shape index (κ1) is 10.4. The minimum absolute atomic E-state index is 1.13. The van der Waals surface area contributed by atoms with Gasteiger partial charge in [-0.2, -0.15) is 11.8 Å². The van der Waals surface area contributed by atoms with E-state index >= 15 is 0 Å². The predicted octanol–water partition coefficient (Wildman–Crippen LogP) is 3.97. The molecule has 0 aliphatic carbocycles. The van der Waals surface area contributed by atoms with Crippen LogP contribution in [0.2, 0.25) is 0 Å². The van der Waals surface area contributed by atoms with Crippen LogP contribution in [0.15, 0.2) is 30.3 Å². The Balaban J connectivity index is 2.58. The van der Waals surface area contributed by atoms with Gasteiger partial charge in [-0.15, -0.1) is 0 Å². The summed E-state index contributed by atoms with van der Waals surface area (Å²) in [5.41, 5.74) is 2.70. The normalized spacial score (nSPS) is 10.9. The number of thioether (sulfide) groups is 1. The van der Waals surface area contributed by atoms with Crippen LogP contribution < -0.4 is 0 Å². The monoisotopic (exact) mass is 192 g/mol. The second kappa shape index (κ2) is 5.87. The number of rotatable bonds is 4. The number of benzene rings is 1. The highest BCUT2D eigenvalue weighted by molar-refractivity contribution is 7.98. The third kappa shape index (κ3) is 3.69. The van der Waals surface area contributed by atoms with E-state index in [0.717, 1.165) is 5.75 Å². The van der Waals surface area contributed by atoms with Gasteiger partial charge in [0.25, 0.3) is 0 Å². The Labute approximate surface area is 85.1 Å². The average molecular weight is 192 g/mol. The zero-order valence-electron chi connectivity index (χ0n) is 8.29. The summed E-state index contributed by atoms with van der Waals surface area (Å²) in [6, 6.07) is 8.76. The Kier molecular flexibility index (Phi) is 4.69. The molecular formula is C12H16S. The van der Waals surface area contributed by atoms with Crippen molar-refractivity contribution in [3.05, 3.63) is 41.5 Å². The summed E-state index contributed by atoms with van der Waals surface area (Å²) in [6.45, 7) is 4.24. The fraction of sp³-hybridized carbons (Fsp3) is 0.333. The third-order valence-electron chi connectivity index (χ3n) is 1.81. The van der Waals surface area contributed by atoms with Crippen LogP contribution in [0.5, 0.6) is 0 Å². The molecule has 0 saturated heterocycles. The van der Waals surface area contributed by atoms with Crippen LogP contribution in [0.1, 0.15) is 25.0 Å². The van der Waals surface area contributed by atoms with E-state index in [-0.39, 0.29) is 0 Å². The molecule has 1 aromatic rings. The molecule has 0 atom stereocenters. The first-order valence-corrected chi connectivity index (χ1v) is 5.81. The van der Waals surface area contributed by atoms with Crippen molar-refractivity contribution in [2.75, 3.05) is 5.75 Å². The molecule has 0 heterocycles. The van der Waals surface area contributed by atoms with Crippen LogP contribution in [0, 0.1) is 0 Å². The van der Waals surface area contributed by atoms with Gasteiger partial charge in [-0.3, -0.25) is 0 Å². The van der Waals surface area contributed by atoms with Gasteiger partial charge in [-0.25, -0.2) is 0 Å². The summed E-state index contributed by atoms with van der Waals surface area (Å²) in [4.78, 5) is 0. The Morgan fingerprint density at radius 2 is 1.92 bits per heavy atom. The minimum atomic E-state index is 1.13. The highest BCUT2D eigenvalue weighted by Gasteiger charge is 1.91. The van der Waals surface area contributed by atoms with Gasteiger partial charge in [0, 0.05) is 5.75 Å². The molecule has 0 aliphatic rings. The van der Waals surface area contributed by atoms with Gasteiger partial charge in [0.05, 0.1) is 0 Å². The molecule has 0 N–H and O–H groups in total. The molecule has 0 unspecified atom stereocenters. The minimum Gasteiger partial charge on any atom is -0.157 e. The van der Waals surface area contributed by atoms with E-state index in [0.29, 0.717) is 0 Å². The van der Waals surface area contributed by atoms with Gasteiger partial charge in [-0.1, -0.05) is 43.3 Å². The lowest BCUT2D eigenvalue weighted by Gasteiger charge is -1.99. The second-order valence-corrected chi connectivity index (χ2v) is 4.15. The maximum absolute atomic E-state index is 2.21. The molecule has 0 aliphatic heterocycles. The molecule has 0 amide bonds. The van der Waals surface area contributed by atoms with Crippen LogP contribution in [-0.4, -0.2) is 5.75 Å². The van der Waals surface area contributed by atoms with Crippen molar-refractivity contribution in [3.63, 3.8) is 0 Å². The molecule has 0 spiro atoms. The van der Waals surface area contributed by atoms with Crippen molar-refractivity contribution in [2.45, 2.75) is 19.6 Å². The van der Waals surface area contributed by atoms with Crippen molar-refractivity contribution in [1.82, 2.24) is 0 Å². The molecule has 1 aromatic carbocycles. The van der Waals surface area contributed by atoms with E-state index in [1.807, 2.05) is 18.7 Å². The highest BCUT2D eigenvalue weighted by atomic mass is 32.2. The summed E-state index contributed by atoms with van der Waals surface area (Å²) < 4.78 is 0. The summed E-state index contributed by atoms with van der Waals surface area (Å²) >= 11 is 1.96. The topological polar surface area (TPSA) is 0 Å². The van der Waals surface area contributed by atoms with Crippen molar-refractivity contribution >= 4 is 17.8 Å². The van der Waals surface area contributed by atoms with Crippen LogP contribution in [0.3, 0.4) is 0 Å². The van der Waals surface area contributed by atoms with Crippen LogP contribution in [0.25, 0.3) is 6.08 Å². The molecular weight excluding hydrogens is 176 g/mol. The molecule has 0 radical (unpaired) electrons. The van der Waals surface area contributed by atoms with Crippen molar-refractivity contribution in [3.8, 4) is 0 Å². The van der Waals surface area contributed by atoms with Crippen LogP contribution in [0.4, 0.5) is 0 Å². The molecule has 70 valence electrons. The summed E-state index contributed by atoms with van der Waals surface area (Å²) in [5, 5.41) is 0. The molecule has 0 bridgehead atoms. The lowest BCUT2D eigenvalue weighted by molar-refractivity contribution is 1.39. The standard InChI is InChI=1S/C12H16S/c1-3-5-11-6-8-12(9-7-11)10-13-4-2/h3,5-9H,4,10H2,1-2H3/b5-3+. The highest BCUT2D eigenvalue weighted by Crippen LogP contribution is 2.13. The zero-order chi connectivity index (χ0) is 9.52. The Bertz CT molecular complexity index is 259. The maximum atomic E-state index is 2.21. The number of allylic oxidation sites excluding steroid dienone is 1. The van der Waals surface area contributed by atoms with E-state index in [1.54, 1.807) is 0 Å². The van der Waals surface area contributed by atoms with Crippen molar-refractivity contribution in [2.24, 2.45) is 0 Å². The van der Waals surface area contributed by atoms with E-state index < -0.39 is 0 Å². The van der Waals surface area contributed by atoms with Crippen molar-refractivity contribution in [1.29, 1.82) is 0 Å². The lowest BCUT2D eigenvalue weighted by atomic mass is 10.1. The molecule has 1 heteroatoms. The van der Waals surface area contributed by atoms with Gasteiger partial charge in [0.2, 0.25) is 0 Å². The largest absolute Gasteiger partial charge is 0.157 e. The first-order valence-electron chi connectivity index (χ1n) is 4.66. The zero-order valence-corrected chi connectivity index (χ0v) is 9.10. The van der Waals surface area contributed by atoms with E-state index in [9.17, 15) is 0 Å². The predicted molar refractivity (Wildman–Crippen MR) is 63.0 cm³/mol. The van der Waals surface area contributed by atoms with Gasteiger partial charge < -0.3 is 0 Å². The Hall–Kier alpha value is -0.690. The van der Waals surface area contributed by atoms with Gasteiger partial charge in [0.1, 0.15) is 0 Å². The Morgan fingerprint density at radius 1 is 1.23 bits per heavy atom. The lowest BCUT2D eigenvalue weighted by Crippen LogP contribution is -1.80. The molecule has 0 nitrogen and oxygen atoms in total. The molecule has 13 heavy (non-hydrogen) atoms. The molecule has 0 saturated carbocycles. The van der Waals surface area contributed by atoms with Crippen LogP contribution in [-0.2, 0) is 5.75 Å². The first-order chi connectivity index (χ1) is 6.36. The third-order valence-corrected chi connectivity index (χ3v) is 2.76. The number of hydrogen-bond donors (Lipinski definition) is 0. The summed E-state index contributed by atoms with van der Waals surface area (Å²) in [6.07, 6.45) is 4.19. The van der Waals surface area contributed by atoms with E-state index in [2.05, 4.69) is 43.3 Å². The van der Waals surface area contributed by atoms with Gasteiger partial charge in [0.15, 0.2) is 0 Å². The smallest absolute Gasteiger partial charge is 0.0184 e. The molecule has 0 fully saturated rings. The van der Waals surface area contributed by atoms with Crippen LogP contribution >= 0.6 is 11.8 Å². The fourth-order valence-electron chi connectivity index (χ4n) is 1.14. The van der Waals surface area contributed by atoms with E-state index in [1.165, 1.54) is 16.9 Å². The average Bonchev–Trinajstić information content (AvgIpc) is 2.17. The van der Waals surface area contributed by atoms with E-state index in [4.69, 9.17) is 0 Å². The quantitative estimate of drug-likeness (QED) is 0.695. The number of hydrogen-bond acceptors (Lipinski definition) is 1. The maximum Gasteiger partial charge on any atom is 0.0184 e. The second-order valence-electron chi connectivity index (χ2n) is 2.88. The Morgan fingerprint density at radius 3 is 2.46 bits per heavy atom. The summed E-state index contributed by atoms with van der Waals surface area (Å²) in [7, 11) is 0. The molecule has 0 aromatic heterocycles. The SMILES string of the molecule is C/C=C/c1ccc(CSCC)cc1.